The normalized spacial score (nSPS) is 12.6. The van der Waals surface area contributed by atoms with Gasteiger partial charge in [-0.2, -0.15) is 0 Å². The Hall–Kier alpha value is -1.59. The van der Waals surface area contributed by atoms with E-state index in [1.165, 1.54) is 141 Å². The van der Waals surface area contributed by atoms with Crippen LogP contribution in [0, 0.1) is 11.8 Å². The summed E-state index contributed by atoms with van der Waals surface area (Å²) in [5.41, 5.74) is 0. The predicted octanol–water partition coefficient (Wildman–Crippen LogP) is 14.6. The molecule has 0 aliphatic carbocycles. The Bertz CT molecular complexity index is 811. The van der Waals surface area contributed by atoms with E-state index < -0.39 is 6.10 Å². The van der Waals surface area contributed by atoms with Crippen LogP contribution in [0.1, 0.15) is 253 Å². The van der Waals surface area contributed by atoms with Gasteiger partial charge < -0.3 is 14.2 Å². The molecule has 0 aliphatic heterocycles. The minimum absolute atomic E-state index is 0.0654. The third kappa shape index (κ3) is 39.9. The maximum atomic E-state index is 12.7. The van der Waals surface area contributed by atoms with Gasteiger partial charge in [0.15, 0.2) is 6.10 Å². The number of hydrogen-bond donors (Lipinski definition) is 0. The molecule has 0 N–H and O–H groups in total. The molecule has 0 aliphatic rings. The molecule has 0 saturated carbocycles. The molecule has 0 aromatic carbocycles. The van der Waals surface area contributed by atoms with Crippen molar-refractivity contribution in [2.24, 2.45) is 11.8 Å². The smallest absolute Gasteiger partial charge is 0.306 e. The monoisotopic (exact) mass is 751 g/mol. The highest BCUT2D eigenvalue weighted by Gasteiger charge is 2.19. The number of carbonyl (C=O) groups excluding carboxylic acids is 3. The molecule has 0 saturated heterocycles. The fourth-order valence-corrected chi connectivity index (χ4v) is 6.90. The van der Waals surface area contributed by atoms with E-state index in [9.17, 15) is 14.4 Å². The minimum atomic E-state index is -0.761. The Morgan fingerprint density at radius 3 is 1.08 bits per heavy atom. The molecule has 0 fully saturated rings. The van der Waals surface area contributed by atoms with Crippen LogP contribution in [0.2, 0.25) is 0 Å². The Labute approximate surface area is 329 Å². The Morgan fingerprint density at radius 2 is 0.717 bits per heavy atom. The van der Waals surface area contributed by atoms with E-state index >= 15 is 0 Å². The lowest BCUT2D eigenvalue weighted by molar-refractivity contribution is -0.167. The summed E-state index contributed by atoms with van der Waals surface area (Å²) in [6.45, 7) is 11.3. The molecule has 0 aromatic rings. The Kier molecular flexibility index (Phi) is 38.9. The molecule has 0 heterocycles. The van der Waals surface area contributed by atoms with E-state index in [2.05, 4.69) is 34.6 Å². The summed E-state index contributed by atoms with van der Waals surface area (Å²) in [5.74, 6) is 0.766. The summed E-state index contributed by atoms with van der Waals surface area (Å²) in [6, 6.07) is 0. The van der Waals surface area contributed by atoms with Crippen molar-refractivity contribution in [3.63, 3.8) is 0 Å². The largest absolute Gasteiger partial charge is 0.462 e. The van der Waals surface area contributed by atoms with Gasteiger partial charge in [-0.25, -0.2) is 0 Å². The van der Waals surface area contributed by atoms with Gasteiger partial charge in [0.25, 0.3) is 0 Å². The molecular formula is C47H90O6. The molecule has 1 unspecified atom stereocenters. The van der Waals surface area contributed by atoms with Crippen molar-refractivity contribution in [3.05, 3.63) is 0 Å². The number of ether oxygens (including phenoxy) is 3. The lowest BCUT2D eigenvalue weighted by Crippen LogP contribution is -2.30. The molecule has 53 heavy (non-hydrogen) atoms. The first kappa shape index (κ1) is 51.4. The van der Waals surface area contributed by atoms with Crippen molar-refractivity contribution >= 4 is 17.9 Å². The van der Waals surface area contributed by atoms with E-state index in [4.69, 9.17) is 14.2 Å². The van der Waals surface area contributed by atoms with Crippen LogP contribution in [0.3, 0.4) is 0 Å². The average Bonchev–Trinajstić information content (AvgIpc) is 3.14. The van der Waals surface area contributed by atoms with Crippen molar-refractivity contribution in [1.82, 2.24) is 0 Å². The van der Waals surface area contributed by atoms with Crippen LogP contribution in [0.15, 0.2) is 0 Å². The van der Waals surface area contributed by atoms with Gasteiger partial charge in [-0.3, -0.25) is 14.4 Å². The van der Waals surface area contributed by atoms with Crippen LogP contribution >= 0.6 is 0 Å². The summed E-state index contributed by atoms with van der Waals surface area (Å²) in [5, 5.41) is 0. The second-order valence-corrected chi connectivity index (χ2v) is 16.8. The molecule has 6 heteroatoms. The summed E-state index contributed by atoms with van der Waals surface area (Å²) < 4.78 is 16.7. The topological polar surface area (TPSA) is 78.9 Å². The molecule has 6 nitrogen and oxygen atoms in total. The highest BCUT2D eigenvalue weighted by atomic mass is 16.6. The second-order valence-electron chi connectivity index (χ2n) is 16.8. The van der Waals surface area contributed by atoms with Crippen LogP contribution in [0.5, 0.6) is 0 Å². The van der Waals surface area contributed by atoms with Gasteiger partial charge in [0, 0.05) is 19.3 Å². The first-order valence-electron chi connectivity index (χ1n) is 23.3. The molecule has 2 atom stereocenters. The maximum Gasteiger partial charge on any atom is 0.306 e. The predicted molar refractivity (Wildman–Crippen MR) is 224 cm³/mol. The van der Waals surface area contributed by atoms with Crippen molar-refractivity contribution < 1.29 is 28.6 Å². The lowest BCUT2D eigenvalue weighted by atomic mass is 9.99. The van der Waals surface area contributed by atoms with Gasteiger partial charge in [0.05, 0.1) is 0 Å². The third-order valence-corrected chi connectivity index (χ3v) is 10.8. The maximum absolute atomic E-state index is 12.7. The molecule has 0 amide bonds. The van der Waals surface area contributed by atoms with Crippen LogP contribution in [-0.4, -0.2) is 37.2 Å². The van der Waals surface area contributed by atoms with Crippen LogP contribution in [-0.2, 0) is 28.6 Å². The van der Waals surface area contributed by atoms with Gasteiger partial charge in [0.2, 0.25) is 0 Å². The minimum Gasteiger partial charge on any atom is -0.462 e. The van der Waals surface area contributed by atoms with Gasteiger partial charge >= 0.3 is 17.9 Å². The SMILES string of the molecule is CCCCCCCCCCCCCCCC(=O)OC[C@@H](COC(=O)CCCCCCCCCCC(C)CC)OC(=O)CCCCCCCCCC(C)C. The van der Waals surface area contributed by atoms with E-state index in [-0.39, 0.29) is 31.1 Å². The van der Waals surface area contributed by atoms with Gasteiger partial charge in [-0.1, -0.05) is 214 Å². The molecule has 314 valence electrons. The number of rotatable bonds is 41. The number of esters is 3. The van der Waals surface area contributed by atoms with Crippen molar-refractivity contribution in [2.45, 2.75) is 259 Å². The van der Waals surface area contributed by atoms with Crippen LogP contribution in [0.4, 0.5) is 0 Å². The summed E-state index contributed by atoms with van der Waals surface area (Å²) in [7, 11) is 0. The Morgan fingerprint density at radius 1 is 0.396 bits per heavy atom. The zero-order valence-corrected chi connectivity index (χ0v) is 36.1. The van der Waals surface area contributed by atoms with Gasteiger partial charge in [-0.15, -0.1) is 0 Å². The highest BCUT2D eigenvalue weighted by molar-refractivity contribution is 5.71. The highest BCUT2D eigenvalue weighted by Crippen LogP contribution is 2.17. The fourth-order valence-electron chi connectivity index (χ4n) is 6.90. The molecular weight excluding hydrogens is 661 g/mol. The average molecular weight is 751 g/mol. The van der Waals surface area contributed by atoms with Crippen LogP contribution < -0.4 is 0 Å². The summed E-state index contributed by atoms with van der Waals surface area (Å²) >= 11 is 0. The van der Waals surface area contributed by atoms with E-state index in [1.54, 1.807) is 0 Å². The van der Waals surface area contributed by atoms with E-state index in [1.807, 2.05) is 0 Å². The van der Waals surface area contributed by atoms with Crippen molar-refractivity contribution in [3.8, 4) is 0 Å². The van der Waals surface area contributed by atoms with Crippen molar-refractivity contribution in [2.75, 3.05) is 13.2 Å². The zero-order valence-electron chi connectivity index (χ0n) is 36.1. The first-order valence-corrected chi connectivity index (χ1v) is 23.3. The van der Waals surface area contributed by atoms with Crippen molar-refractivity contribution in [1.29, 1.82) is 0 Å². The number of unbranched alkanes of at least 4 members (excludes halogenated alkanes) is 25. The lowest BCUT2D eigenvalue weighted by Gasteiger charge is -2.18. The Balaban J connectivity index is 4.33. The molecule has 0 spiro atoms. The summed E-state index contributed by atoms with van der Waals surface area (Å²) in [4.78, 5) is 37.7. The standard InChI is InChI=1S/C47H90O6/c1-6-8-9-10-11-12-13-14-15-16-22-27-32-37-45(48)51-40-44(53-47(50)39-34-29-24-19-20-25-30-35-42(3)4)41-52-46(49)38-33-28-23-18-17-21-26-31-36-43(5)7-2/h42-44H,6-41H2,1-5H3/t43?,44-/m0/s1. The zero-order chi connectivity index (χ0) is 39.0. The fraction of sp³-hybridized carbons (Fsp3) is 0.936. The van der Waals surface area contributed by atoms with E-state index in [0.717, 1.165) is 69.6 Å². The third-order valence-electron chi connectivity index (χ3n) is 10.8. The first-order chi connectivity index (χ1) is 25.8. The van der Waals surface area contributed by atoms with Gasteiger partial charge in [0.1, 0.15) is 13.2 Å². The van der Waals surface area contributed by atoms with Crippen LogP contribution in [0.25, 0.3) is 0 Å². The van der Waals surface area contributed by atoms with E-state index in [0.29, 0.717) is 19.3 Å². The molecule has 0 bridgehead atoms. The second kappa shape index (κ2) is 40.1. The molecule has 0 aromatic heterocycles. The van der Waals surface area contributed by atoms with Gasteiger partial charge in [-0.05, 0) is 31.1 Å². The number of carbonyl (C=O) groups is 3. The molecule has 0 rings (SSSR count). The quantitative estimate of drug-likeness (QED) is 0.0352. The summed E-state index contributed by atoms with van der Waals surface area (Å²) in [6.07, 6.45) is 38.0. The molecule has 0 radical (unpaired) electrons. The number of hydrogen-bond acceptors (Lipinski definition) is 6.